The van der Waals surface area contributed by atoms with Crippen LogP contribution in [0.25, 0.3) is 16.7 Å². The smallest absolute Gasteiger partial charge is 0.129 e. The Balaban J connectivity index is 2.33. The molecule has 2 nitrogen and oxygen atoms in total. The summed E-state index contributed by atoms with van der Waals surface area (Å²) < 4.78 is 29.3. The summed E-state index contributed by atoms with van der Waals surface area (Å²) in [5, 5.41) is 0. The molecule has 0 saturated carbocycles. The molecule has 0 fully saturated rings. The molecule has 0 amide bonds. The fourth-order valence-corrected chi connectivity index (χ4v) is 2.68. The first-order chi connectivity index (χ1) is 9.58. The van der Waals surface area contributed by atoms with Crippen molar-refractivity contribution < 1.29 is 8.78 Å². The van der Waals surface area contributed by atoms with Crippen LogP contribution < -0.4 is 0 Å². The highest BCUT2D eigenvalue weighted by Gasteiger charge is 2.13. The van der Waals surface area contributed by atoms with Gasteiger partial charge in [0.25, 0.3) is 0 Å². The van der Waals surface area contributed by atoms with Gasteiger partial charge in [-0.2, -0.15) is 0 Å². The maximum atomic E-state index is 13.4. The Kier molecular flexibility index (Phi) is 3.48. The molecule has 0 aliphatic carbocycles. The average molecular weight is 358 g/mol. The molecule has 3 aromatic rings. The molecule has 0 saturated heterocycles. The molecule has 0 aliphatic rings. The second-order valence-electron chi connectivity index (χ2n) is 4.26. The fraction of sp³-hybridized carbons (Fsp3) is 0.0714. The van der Waals surface area contributed by atoms with Gasteiger partial charge in [-0.05, 0) is 30.3 Å². The second-order valence-corrected chi connectivity index (χ2v) is 5.44. The van der Waals surface area contributed by atoms with Gasteiger partial charge in [-0.3, -0.25) is 4.57 Å². The number of halogens is 4. The molecule has 102 valence electrons. The number of nitrogens with zero attached hydrogens (tertiary/aromatic N) is 2. The Morgan fingerprint density at radius 2 is 1.80 bits per heavy atom. The van der Waals surface area contributed by atoms with Crippen molar-refractivity contribution in [2.45, 2.75) is 5.88 Å². The average Bonchev–Trinajstić information content (AvgIpc) is 2.74. The minimum atomic E-state index is -0.639. The zero-order valence-electron chi connectivity index (χ0n) is 10.1. The first kappa shape index (κ1) is 13.5. The lowest BCUT2D eigenvalue weighted by Crippen LogP contribution is -2.00. The molecule has 0 atom stereocenters. The third-order valence-electron chi connectivity index (χ3n) is 2.91. The molecule has 0 bridgehead atoms. The monoisotopic (exact) mass is 356 g/mol. The molecule has 2 aromatic carbocycles. The maximum Gasteiger partial charge on any atom is 0.129 e. The van der Waals surface area contributed by atoms with E-state index in [1.165, 1.54) is 12.1 Å². The minimum Gasteiger partial charge on any atom is -0.295 e. The van der Waals surface area contributed by atoms with E-state index in [0.29, 0.717) is 17.0 Å². The van der Waals surface area contributed by atoms with E-state index >= 15 is 0 Å². The molecule has 1 heterocycles. The van der Waals surface area contributed by atoms with E-state index in [4.69, 9.17) is 11.6 Å². The van der Waals surface area contributed by atoms with Crippen molar-refractivity contribution in [3.63, 3.8) is 0 Å². The molecule has 0 spiro atoms. The van der Waals surface area contributed by atoms with Gasteiger partial charge < -0.3 is 0 Å². The van der Waals surface area contributed by atoms with E-state index in [0.717, 1.165) is 16.1 Å². The Labute approximate surface area is 127 Å². The van der Waals surface area contributed by atoms with Crippen LogP contribution in [0.5, 0.6) is 0 Å². The summed E-state index contributed by atoms with van der Waals surface area (Å²) in [5.41, 5.74) is 1.82. The Hall–Kier alpha value is -1.46. The van der Waals surface area contributed by atoms with E-state index < -0.39 is 11.6 Å². The van der Waals surface area contributed by atoms with Crippen LogP contribution in [-0.4, -0.2) is 9.55 Å². The third-order valence-corrected chi connectivity index (χ3v) is 3.64. The number of fused-ring (bicyclic) bond motifs is 1. The van der Waals surface area contributed by atoms with Gasteiger partial charge in [0.1, 0.15) is 17.5 Å². The molecule has 6 heteroatoms. The van der Waals surface area contributed by atoms with Crippen molar-refractivity contribution in [2.24, 2.45) is 0 Å². The topological polar surface area (TPSA) is 17.8 Å². The SMILES string of the molecule is Fc1cc(F)cc(-n2c(CCl)nc3cc(Br)ccc32)c1. The summed E-state index contributed by atoms with van der Waals surface area (Å²) in [5.74, 6) is -0.603. The predicted molar refractivity (Wildman–Crippen MR) is 78.2 cm³/mol. The molecule has 0 radical (unpaired) electrons. The van der Waals surface area contributed by atoms with Gasteiger partial charge in [-0.25, -0.2) is 13.8 Å². The van der Waals surface area contributed by atoms with Crippen LogP contribution in [0.15, 0.2) is 40.9 Å². The lowest BCUT2D eigenvalue weighted by molar-refractivity contribution is 0.581. The van der Waals surface area contributed by atoms with Crippen molar-refractivity contribution in [1.82, 2.24) is 9.55 Å². The van der Waals surface area contributed by atoms with Crippen molar-refractivity contribution in [3.05, 3.63) is 58.3 Å². The number of imidazole rings is 1. The summed E-state index contributed by atoms with van der Waals surface area (Å²) in [4.78, 5) is 4.38. The summed E-state index contributed by atoms with van der Waals surface area (Å²) in [6, 6.07) is 8.83. The Bertz CT molecular complexity index is 781. The van der Waals surface area contributed by atoms with Gasteiger partial charge in [0, 0.05) is 10.5 Å². The van der Waals surface area contributed by atoms with Crippen molar-refractivity contribution in [2.75, 3.05) is 0 Å². The van der Waals surface area contributed by atoms with Crippen molar-refractivity contribution in [3.8, 4) is 5.69 Å². The zero-order chi connectivity index (χ0) is 14.3. The van der Waals surface area contributed by atoms with E-state index in [1.807, 2.05) is 18.2 Å². The lowest BCUT2D eigenvalue weighted by atomic mass is 10.2. The Morgan fingerprint density at radius 3 is 2.45 bits per heavy atom. The van der Waals surface area contributed by atoms with Gasteiger partial charge in [-0.1, -0.05) is 15.9 Å². The van der Waals surface area contributed by atoms with E-state index in [9.17, 15) is 8.78 Å². The maximum absolute atomic E-state index is 13.4. The zero-order valence-corrected chi connectivity index (χ0v) is 12.4. The van der Waals surface area contributed by atoms with Crippen LogP contribution in [-0.2, 0) is 5.88 Å². The van der Waals surface area contributed by atoms with Crippen molar-refractivity contribution >= 4 is 38.6 Å². The Morgan fingerprint density at radius 1 is 1.10 bits per heavy atom. The minimum absolute atomic E-state index is 0.143. The number of hydrogen-bond donors (Lipinski definition) is 0. The molecule has 20 heavy (non-hydrogen) atoms. The number of aromatic nitrogens is 2. The highest BCUT2D eigenvalue weighted by molar-refractivity contribution is 9.10. The van der Waals surface area contributed by atoms with E-state index in [1.54, 1.807) is 4.57 Å². The molecule has 0 N–H and O–H groups in total. The number of rotatable bonds is 2. The summed E-state index contributed by atoms with van der Waals surface area (Å²) in [6.07, 6.45) is 0. The highest BCUT2D eigenvalue weighted by atomic mass is 79.9. The van der Waals surface area contributed by atoms with Crippen LogP contribution in [0.3, 0.4) is 0 Å². The van der Waals surface area contributed by atoms with Gasteiger partial charge in [-0.15, -0.1) is 11.6 Å². The summed E-state index contributed by atoms with van der Waals surface area (Å²) in [6.45, 7) is 0. The van der Waals surface area contributed by atoms with E-state index in [-0.39, 0.29) is 5.88 Å². The van der Waals surface area contributed by atoms with Gasteiger partial charge in [0.2, 0.25) is 0 Å². The van der Waals surface area contributed by atoms with E-state index in [2.05, 4.69) is 20.9 Å². The first-order valence-corrected chi connectivity index (χ1v) is 7.10. The van der Waals surface area contributed by atoms with Crippen LogP contribution in [0.4, 0.5) is 8.78 Å². The fourth-order valence-electron chi connectivity index (χ4n) is 2.15. The molecule has 1 aromatic heterocycles. The van der Waals surface area contributed by atoms with Gasteiger partial charge in [0.05, 0.1) is 22.6 Å². The van der Waals surface area contributed by atoms with Crippen LogP contribution in [0.2, 0.25) is 0 Å². The lowest BCUT2D eigenvalue weighted by Gasteiger charge is -2.08. The van der Waals surface area contributed by atoms with Crippen LogP contribution >= 0.6 is 27.5 Å². The largest absolute Gasteiger partial charge is 0.295 e. The standard InChI is InChI=1S/C14H8BrClF2N2/c15-8-1-2-13-12(3-8)19-14(7-16)20(13)11-5-9(17)4-10(18)6-11/h1-6H,7H2. The quantitative estimate of drug-likeness (QED) is 0.602. The van der Waals surface area contributed by atoms with Crippen LogP contribution in [0.1, 0.15) is 5.82 Å². The first-order valence-electron chi connectivity index (χ1n) is 5.78. The number of benzene rings is 2. The number of hydrogen-bond acceptors (Lipinski definition) is 1. The number of alkyl halides is 1. The molecule has 0 unspecified atom stereocenters. The summed E-state index contributed by atoms with van der Waals surface area (Å²) >= 11 is 9.26. The molecular formula is C14H8BrClF2N2. The molecular weight excluding hydrogens is 350 g/mol. The third kappa shape index (κ3) is 2.31. The van der Waals surface area contributed by atoms with Gasteiger partial charge in [0.15, 0.2) is 0 Å². The molecule has 3 rings (SSSR count). The normalized spacial score (nSPS) is 11.2. The van der Waals surface area contributed by atoms with Gasteiger partial charge >= 0.3 is 0 Å². The molecule has 0 aliphatic heterocycles. The second kappa shape index (κ2) is 5.14. The van der Waals surface area contributed by atoms with Crippen LogP contribution in [0, 0.1) is 11.6 Å². The highest BCUT2D eigenvalue weighted by Crippen LogP contribution is 2.26. The summed E-state index contributed by atoms with van der Waals surface area (Å²) in [7, 11) is 0. The predicted octanol–water partition coefficient (Wildman–Crippen LogP) is 4.81. The van der Waals surface area contributed by atoms with Crippen molar-refractivity contribution in [1.29, 1.82) is 0 Å².